The summed E-state index contributed by atoms with van der Waals surface area (Å²) < 4.78 is 54.6. The van der Waals surface area contributed by atoms with Gasteiger partial charge >= 0.3 is 5.97 Å². The Morgan fingerprint density at radius 1 is 0.944 bits per heavy atom. The molecule has 3 aromatic carbocycles. The van der Waals surface area contributed by atoms with Gasteiger partial charge in [-0.25, -0.2) is 13.6 Å². The van der Waals surface area contributed by atoms with E-state index in [1.54, 1.807) is 18.2 Å². The monoisotopic (exact) mass is 492 g/mol. The third-order valence-electron chi connectivity index (χ3n) is 7.09. The highest BCUT2D eigenvalue weighted by Crippen LogP contribution is 2.39. The van der Waals surface area contributed by atoms with Crippen molar-refractivity contribution in [2.75, 3.05) is 6.61 Å². The average molecular weight is 493 g/mol. The summed E-state index contributed by atoms with van der Waals surface area (Å²) in [5.74, 6) is -3.33. The van der Waals surface area contributed by atoms with Gasteiger partial charge in [-0.05, 0) is 85.4 Å². The molecule has 1 saturated heterocycles. The van der Waals surface area contributed by atoms with Crippen molar-refractivity contribution in [3.63, 3.8) is 0 Å². The molecular weight excluding hydrogens is 465 g/mol. The molecule has 3 aromatic rings. The number of hydrogen-bond acceptors (Lipinski definition) is 3. The first-order chi connectivity index (χ1) is 17.4. The SMILES string of the molecule is C/C=C/C1CCC(c2ccc(OC(=O)c3ccc(-c4ccc(C5CO5)cc4F)cc3)c(F)c2F)CC1. The molecule has 1 aliphatic carbocycles. The zero-order valence-corrected chi connectivity index (χ0v) is 20.0. The topological polar surface area (TPSA) is 38.8 Å². The largest absolute Gasteiger partial charge is 0.420 e. The van der Waals surface area contributed by atoms with Crippen LogP contribution in [-0.2, 0) is 4.74 Å². The number of ether oxygens (including phenoxy) is 2. The van der Waals surface area contributed by atoms with E-state index in [4.69, 9.17) is 9.47 Å². The van der Waals surface area contributed by atoms with Crippen LogP contribution in [0.25, 0.3) is 11.1 Å². The number of allylic oxidation sites excluding steroid dienone is 2. The molecule has 2 fully saturated rings. The van der Waals surface area contributed by atoms with Crippen LogP contribution in [0.1, 0.15) is 66.1 Å². The molecule has 0 N–H and O–H groups in total. The molecule has 0 spiro atoms. The van der Waals surface area contributed by atoms with E-state index in [9.17, 15) is 18.0 Å². The minimum Gasteiger partial charge on any atom is -0.420 e. The maximum absolute atomic E-state index is 14.9. The lowest BCUT2D eigenvalue weighted by atomic mass is 9.78. The first-order valence-corrected chi connectivity index (χ1v) is 12.3. The smallest absolute Gasteiger partial charge is 0.343 e. The highest BCUT2D eigenvalue weighted by Gasteiger charge is 2.27. The summed E-state index contributed by atoms with van der Waals surface area (Å²) in [6.07, 6.45) is 7.60. The van der Waals surface area contributed by atoms with Crippen LogP contribution in [0, 0.1) is 23.4 Å². The third-order valence-corrected chi connectivity index (χ3v) is 7.09. The van der Waals surface area contributed by atoms with Crippen LogP contribution in [0.2, 0.25) is 0 Å². The average Bonchev–Trinajstić information content (AvgIpc) is 3.74. The minimum absolute atomic E-state index is 0.0387. The molecule has 0 aromatic heterocycles. The maximum atomic E-state index is 14.9. The normalized spacial score (nSPS) is 21.5. The van der Waals surface area contributed by atoms with Crippen molar-refractivity contribution < 1.29 is 27.4 Å². The highest BCUT2D eigenvalue weighted by atomic mass is 19.2. The van der Waals surface area contributed by atoms with Gasteiger partial charge in [0.1, 0.15) is 11.9 Å². The van der Waals surface area contributed by atoms with E-state index in [-0.39, 0.29) is 23.4 Å². The second-order valence-corrected chi connectivity index (χ2v) is 9.45. The van der Waals surface area contributed by atoms with Crippen molar-refractivity contribution >= 4 is 5.97 Å². The first kappa shape index (κ1) is 24.3. The molecule has 1 atom stereocenters. The fourth-order valence-electron chi connectivity index (χ4n) is 4.99. The summed E-state index contributed by atoms with van der Waals surface area (Å²) in [5, 5.41) is 0. The van der Waals surface area contributed by atoms with E-state index < -0.39 is 23.4 Å². The van der Waals surface area contributed by atoms with Crippen LogP contribution in [0.4, 0.5) is 13.2 Å². The van der Waals surface area contributed by atoms with Crippen molar-refractivity contribution in [2.24, 2.45) is 5.92 Å². The molecule has 1 aliphatic heterocycles. The molecule has 1 saturated carbocycles. The Bertz CT molecular complexity index is 1290. The van der Waals surface area contributed by atoms with E-state index in [1.807, 2.05) is 19.1 Å². The molecule has 0 bridgehead atoms. The Kier molecular flexibility index (Phi) is 6.97. The Morgan fingerprint density at radius 2 is 1.67 bits per heavy atom. The zero-order valence-electron chi connectivity index (χ0n) is 20.0. The number of halogens is 3. The second kappa shape index (κ2) is 10.3. The Labute approximate surface area is 208 Å². The predicted molar refractivity (Wildman–Crippen MR) is 131 cm³/mol. The number of esters is 1. The molecule has 0 radical (unpaired) electrons. The van der Waals surface area contributed by atoms with Crippen LogP contribution < -0.4 is 4.74 Å². The Balaban J connectivity index is 1.27. The van der Waals surface area contributed by atoms with Crippen molar-refractivity contribution in [1.29, 1.82) is 0 Å². The quantitative estimate of drug-likeness (QED) is 0.152. The summed E-state index contributed by atoms with van der Waals surface area (Å²) in [7, 11) is 0. The number of epoxide rings is 1. The van der Waals surface area contributed by atoms with Crippen LogP contribution in [0.3, 0.4) is 0 Å². The molecule has 2 aliphatic rings. The van der Waals surface area contributed by atoms with Crippen molar-refractivity contribution in [3.05, 3.63) is 101 Å². The van der Waals surface area contributed by atoms with Gasteiger partial charge in [0.2, 0.25) is 5.82 Å². The van der Waals surface area contributed by atoms with E-state index in [2.05, 4.69) is 6.08 Å². The summed E-state index contributed by atoms with van der Waals surface area (Å²) >= 11 is 0. The maximum Gasteiger partial charge on any atom is 0.343 e. The molecule has 5 rings (SSSR count). The Morgan fingerprint density at radius 3 is 2.31 bits per heavy atom. The molecule has 1 heterocycles. The minimum atomic E-state index is -1.16. The molecule has 6 heteroatoms. The van der Waals surface area contributed by atoms with Crippen molar-refractivity contribution in [1.82, 2.24) is 0 Å². The molecule has 0 amide bonds. The molecular formula is C30H27F3O3. The number of hydrogen-bond donors (Lipinski definition) is 0. The number of benzene rings is 3. The van der Waals surface area contributed by atoms with E-state index >= 15 is 0 Å². The fraction of sp³-hybridized carbons (Fsp3) is 0.300. The fourth-order valence-corrected chi connectivity index (χ4v) is 4.99. The van der Waals surface area contributed by atoms with Gasteiger partial charge < -0.3 is 9.47 Å². The van der Waals surface area contributed by atoms with Gasteiger partial charge in [-0.15, -0.1) is 0 Å². The molecule has 3 nitrogen and oxygen atoms in total. The third kappa shape index (κ3) is 5.09. The standard InChI is InChI=1S/C30H27F3O3/c1-2-3-18-4-6-20(7-5-18)24-14-15-26(29(33)28(24)32)36-30(34)21-10-8-19(9-11-21)23-13-12-22(16-25(23)31)27-17-35-27/h2-3,8-16,18,20,27H,4-7,17H2,1H3/b3-2+. The summed E-state index contributed by atoms with van der Waals surface area (Å²) in [5.41, 5.74) is 2.24. The van der Waals surface area contributed by atoms with E-state index in [0.717, 1.165) is 31.2 Å². The lowest BCUT2D eigenvalue weighted by Gasteiger charge is -2.27. The highest BCUT2D eigenvalue weighted by molar-refractivity contribution is 5.91. The number of rotatable bonds is 6. The lowest BCUT2D eigenvalue weighted by Crippen LogP contribution is -2.15. The van der Waals surface area contributed by atoms with Crippen LogP contribution >= 0.6 is 0 Å². The second-order valence-electron chi connectivity index (χ2n) is 9.45. The Hall–Kier alpha value is -3.38. The van der Waals surface area contributed by atoms with Gasteiger partial charge in [0.05, 0.1) is 12.2 Å². The molecule has 36 heavy (non-hydrogen) atoms. The number of carbonyl (C=O) groups excluding carboxylic acids is 1. The lowest BCUT2D eigenvalue weighted by molar-refractivity contribution is 0.0726. The van der Waals surface area contributed by atoms with Crippen molar-refractivity contribution in [2.45, 2.75) is 44.6 Å². The molecule has 186 valence electrons. The summed E-state index contributed by atoms with van der Waals surface area (Å²) in [4.78, 5) is 12.6. The van der Waals surface area contributed by atoms with E-state index in [1.165, 1.54) is 30.3 Å². The van der Waals surface area contributed by atoms with E-state index in [0.29, 0.717) is 29.2 Å². The summed E-state index contributed by atoms with van der Waals surface area (Å²) in [6.45, 7) is 2.58. The van der Waals surface area contributed by atoms with Crippen LogP contribution in [0.15, 0.2) is 66.7 Å². The van der Waals surface area contributed by atoms with Gasteiger partial charge in [0, 0.05) is 5.56 Å². The van der Waals surface area contributed by atoms with Gasteiger partial charge in [-0.2, -0.15) is 4.39 Å². The summed E-state index contributed by atoms with van der Waals surface area (Å²) in [6, 6.07) is 13.9. The van der Waals surface area contributed by atoms with Crippen molar-refractivity contribution in [3.8, 4) is 16.9 Å². The van der Waals surface area contributed by atoms with Gasteiger partial charge in [0.25, 0.3) is 0 Å². The van der Waals surface area contributed by atoms with Gasteiger partial charge in [-0.3, -0.25) is 0 Å². The number of carbonyl (C=O) groups is 1. The molecule has 1 unspecified atom stereocenters. The van der Waals surface area contributed by atoms with Crippen LogP contribution in [-0.4, -0.2) is 12.6 Å². The zero-order chi connectivity index (χ0) is 25.2. The van der Waals surface area contributed by atoms with Crippen LogP contribution in [0.5, 0.6) is 5.75 Å². The van der Waals surface area contributed by atoms with Gasteiger partial charge in [0.15, 0.2) is 11.6 Å². The predicted octanol–water partition coefficient (Wildman–Crippen LogP) is 7.91. The first-order valence-electron chi connectivity index (χ1n) is 12.3. The van der Waals surface area contributed by atoms with Gasteiger partial charge in [-0.1, -0.05) is 42.5 Å².